The van der Waals surface area contributed by atoms with Gasteiger partial charge in [-0.05, 0) is 82.8 Å². The maximum Gasteiger partial charge on any atom is 0.410 e. The van der Waals surface area contributed by atoms with E-state index in [0.717, 1.165) is 43.3 Å². The Morgan fingerprint density at radius 1 is 1.21 bits per heavy atom. The van der Waals surface area contributed by atoms with E-state index < -0.39 is 13.9 Å². The molecule has 0 bridgehead atoms. The van der Waals surface area contributed by atoms with E-state index in [-0.39, 0.29) is 23.3 Å². The highest BCUT2D eigenvalue weighted by atomic mass is 35.5. The molecule has 1 amide bonds. The third-order valence-electron chi connectivity index (χ3n) is 7.08. The molecule has 1 aromatic heterocycles. The van der Waals surface area contributed by atoms with Crippen molar-refractivity contribution in [2.75, 3.05) is 6.54 Å². The summed E-state index contributed by atoms with van der Waals surface area (Å²) in [5, 5.41) is 0.807. The molecule has 1 aromatic carbocycles. The number of piperidine rings is 1. The maximum absolute atomic E-state index is 13.2. The summed E-state index contributed by atoms with van der Waals surface area (Å²) in [6.07, 6.45) is 5.34. The third kappa shape index (κ3) is 6.55. The lowest BCUT2D eigenvalue weighted by molar-refractivity contribution is -0.0219. The molecule has 2 aromatic rings. The number of ether oxygens (including phenoxy) is 1. The van der Waals surface area contributed by atoms with Crippen molar-refractivity contribution >= 4 is 37.0 Å². The van der Waals surface area contributed by atoms with Gasteiger partial charge in [0.05, 0.1) is 29.5 Å². The molecule has 1 aliphatic rings. The number of nitrogens with zero attached hydrogens (tertiary/aromatic N) is 3. The van der Waals surface area contributed by atoms with Crippen LogP contribution in [0.2, 0.25) is 23.2 Å². The van der Waals surface area contributed by atoms with E-state index in [2.05, 4.69) is 43.4 Å². The van der Waals surface area contributed by atoms with Crippen LogP contribution in [0.5, 0.6) is 0 Å². The summed E-state index contributed by atoms with van der Waals surface area (Å²) in [7, 11) is -1.99. The van der Waals surface area contributed by atoms with Gasteiger partial charge in [0.1, 0.15) is 5.60 Å². The zero-order valence-corrected chi connectivity index (χ0v) is 23.9. The lowest BCUT2D eigenvalue weighted by Gasteiger charge is -2.47. The van der Waals surface area contributed by atoms with Gasteiger partial charge in [-0.3, -0.25) is 0 Å². The molecule has 1 aliphatic heterocycles. The molecule has 0 saturated carbocycles. The highest BCUT2D eigenvalue weighted by Crippen LogP contribution is 2.40. The van der Waals surface area contributed by atoms with E-state index in [1.54, 1.807) is 0 Å². The second-order valence-electron chi connectivity index (χ2n) is 12.0. The first-order valence-corrected chi connectivity index (χ1v) is 15.7. The smallest absolute Gasteiger partial charge is 0.410 e. The summed E-state index contributed by atoms with van der Waals surface area (Å²) in [6.45, 7) is 18.7. The molecule has 0 spiro atoms. The van der Waals surface area contributed by atoms with E-state index in [0.29, 0.717) is 11.6 Å². The number of likely N-dealkylation sites (tertiary alicyclic amines) is 1. The van der Waals surface area contributed by atoms with Crippen LogP contribution in [0.15, 0.2) is 24.5 Å². The maximum atomic E-state index is 13.2. The van der Waals surface area contributed by atoms with Gasteiger partial charge in [-0.2, -0.15) is 0 Å². The van der Waals surface area contributed by atoms with Crippen molar-refractivity contribution in [1.82, 2.24) is 14.5 Å². The Morgan fingerprint density at radius 3 is 2.56 bits per heavy atom. The Bertz CT molecular complexity index is 993. The molecule has 8 heteroatoms. The number of carbonyl (C=O) groups excluding carboxylic acids is 1. The number of rotatable bonds is 6. The number of hydrogen-bond acceptors (Lipinski definition) is 4. The van der Waals surface area contributed by atoms with Crippen molar-refractivity contribution in [2.45, 2.75) is 110 Å². The molecular weight excluding hydrogens is 466 g/mol. The average Bonchev–Trinajstić information content (AvgIpc) is 3.08. The van der Waals surface area contributed by atoms with Gasteiger partial charge in [-0.15, -0.1) is 0 Å². The lowest BCUT2D eigenvalue weighted by atomic mass is 9.95. The summed E-state index contributed by atoms with van der Waals surface area (Å²) < 4.78 is 14.8. The lowest BCUT2D eigenvalue weighted by Crippen LogP contribution is -2.56. The summed E-state index contributed by atoms with van der Waals surface area (Å²) in [4.78, 5) is 19.6. The van der Waals surface area contributed by atoms with Crippen molar-refractivity contribution in [3.8, 4) is 0 Å². The Labute approximate surface area is 211 Å². The molecule has 0 N–H and O–H groups in total. The molecule has 2 atom stereocenters. The number of halogens is 1. The first-order valence-electron chi connectivity index (χ1n) is 12.5. The van der Waals surface area contributed by atoms with Crippen molar-refractivity contribution in [2.24, 2.45) is 0 Å². The summed E-state index contributed by atoms with van der Waals surface area (Å²) in [5.41, 5.74) is 1.46. The van der Waals surface area contributed by atoms with E-state index >= 15 is 0 Å². The fourth-order valence-electron chi connectivity index (χ4n) is 4.29. The molecule has 0 radical (unpaired) electrons. The first-order chi connectivity index (χ1) is 15.7. The topological polar surface area (TPSA) is 56.6 Å². The molecule has 0 unspecified atom stereocenters. The zero-order chi connectivity index (χ0) is 25.3. The Morgan fingerprint density at radius 2 is 1.91 bits per heavy atom. The predicted molar refractivity (Wildman–Crippen MR) is 142 cm³/mol. The van der Waals surface area contributed by atoms with Crippen molar-refractivity contribution in [3.63, 3.8) is 0 Å². The minimum atomic E-state index is -1.99. The van der Waals surface area contributed by atoms with Crippen LogP contribution in [0.3, 0.4) is 0 Å². The van der Waals surface area contributed by atoms with Gasteiger partial charge in [0, 0.05) is 18.1 Å². The molecular formula is C26H42ClN3O3Si. The summed E-state index contributed by atoms with van der Waals surface area (Å²) in [5.74, 6) is 0. The van der Waals surface area contributed by atoms with Gasteiger partial charge >= 0.3 is 6.09 Å². The normalized spacial score (nSPS) is 20.1. The van der Waals surface area contributed by atoms with Gasteiger partial charge in [-0.25, -0.2) is 9.78 Å². The van der Waals surface area contributed by atoms with Crippen LogP contribution in [0.4, 0.5) is 4.79 Å². The number of aryl methyl sites for hydroxylation is 1. The number of hydrogen-bond donors (Lipinski definition) is 0. The largest absolute Gasteiger partial charge is 0.444 e. The second kappa shape index (κ2) is 10.2. The molecule has 34 heavy (non-hydrogen) atoms. The number of imidazole rings is 1. The van der Waals surface area contributed by atoms with Gasteiger partial charge in [0.15, 0.2) is 8.32 Å². The SMILES string of the molecule is CC(C)(C)OC(=O)N1CCC[C@H](O[Si](C)(C)C(C)(C)C)[C@H]1CCCn1cnc2cc(Cl)ccc21. The number of carbonyl (C=O) groups is 1. The number of aromatic nitrogens is 2. The molecule has 1 fully saturated rings. The highest BCUT2D eigenvalue weighted by Gasteiger charge is 2.44. The van der Waals surface area contributed by atoms with Crippen LogP contribution in [0.1, 0.15) is 67.2 Å². The summed E-state index contributed by atoms with van der Waals surface area (Å²) in [6, 6.07) is 5.81. The van der Waals surface area contributed by atoms with Gasteiger partial charge < -0.3 is 18.6 Å². The average molecular weight is 508 g/mol. The molecule has 2 heterocycles. The third-order valence-corrected chi connectivity index (χ3v) is 11.8. The first kappa shape index (κ1) is 27.0. The zero-order valence-electron chi connectivity index (χ0n) is 22.2. The standard InChI is InChI=1S/C26H42ClN3O3Si/c1-25(2,3)32-24(31)30-16-10-12-23(33-34(7,8)26(4,5)6)22(30)11-9-15-29-18-28-20-17-19(27)13-14-21(20)29/h13-14,17-18,22-23H,9-12,15-16H2,1-8H3/t22-,23+/m1/s1. The number of amides is 1. The van der Waals surface area contributed by atoms with E-state index in [1.807, 2.05) is 50.2 Å². The minimum absolute atomic E-state index is 0.00181. The predicted octanol–water partition coefficient (Wildman–Crippen LogP) is 7.26. The minimum Gasteiger partial charge on any atom is -0.444 e. The monoisotopic (exact) mass is 507 g/mol. The Balaban J connectivity index is 1.78. The van der Waals surface area contributed by atoms with Crippen LogP contribution in [0.25, 0.3) is 11.0 Å². The van der Waals surface area contributed by atoms with Gasteiger partial charge in [0.2, 0.25) is 0 Å². The Hall–Kier alpha value is -1.57. The molecule has 6 nitrogen and oxygen atoms in total. The number of fused-ring (bicyclic) bond motifs is 1. The second-order valence-corrected chi connectivity index (χ2v) is 17.2. The van der Waals surface area contributed by atoms with Gasteiger partial charge in [-0.1, -0.05) is 32.4 Å². The fraction of sp³-hybridized carbons (Fsp3) is 0.692. The van der Waals surface area contributed by atoms with Crippen LogP contribution >= 0.6 is 11.6 Å². The van der Waals surface area contributed by atoms with Crippen LogP contribution in [-0.2, 0) is 15.7 Å². The van der Waals surface area contributed by atoms with E-state index in [1.165, 1.54) is 0 Å². The quantitative estimate of drug-likeness (QED) is 0.386. The van der Waals surface area contributed by atoms with Crippen LogP contribution in [0, 0.1) is 0 Å². The van der Waals surface area contributed by atoms with Crippen molar-refractivity contribution in [3.05, 3.63) is 29.5 Å². The molecule has 0 aliphatic carbocycles. The van der Waals surface area contributed by atoms with E-state index in [4.69, 9.17) is 20.8 Å². The van der Waals surface area contributed by atoms with Crippen LogP contribution < -0.4 is 0 Å². The highest BCUT2D eigenvalue weighted by molar-refractivity contribution is 6.74. The van der Waals surface area contributed by atoms with E-state index in [9.17, 15) is 4.79 Å². The molecule has 3 rings (SSSR count). The Kier molecular flexibility index (Phi) is 8.10. The number of benzene rings is 1. The van der Waals surface area contributed by atoms with Gasteiger partial charge in [0.25, 0.3) is 0 Å². The molecule has 190 valence electrons. The van der Waals surface area contributed by atoms with Crippen molar-refractivity contribution in [1.29, 1.82) is 0 Å². The summed E-state index contributed by atoms with van der Waals surface area (Å²) >= 11 is 6.12. The van der Waals surface area contributed by atoms with Crippen LogP contribution in [-0.4, -0.2) is 53.2 Å². The fourth-order valence-corrected chi connectivity index (χ4v) is 5.84. The molecule has 1 saturated heterocycles. The van der Waals surface area contributed by atoms with Crippen molar-refractivity contribution < 1.29 is 14.0 Å².